The standard InChI is InChI=1S/C26H19Cl2N3O3/c27-22-6-3-7-23(28)21(22)15-31-13-12-25(30-31)29-26(32)24-11-10-20(34-24)16-33-19-9-8-17-4-1-2-5-18(17)14-19/h1-14H,15-16H2,(H,29,30,32). The number of hydrogen-bond acceptors (Lipinski definition) is 4. The molecular formula is C26H19Cl2N3O3. The molecule has 1 amide bonds. The quantitative estimate of drug-likeness (QED) is 0.271. The Balaban J connectivity index is 1.19. The summed E-state index contributed by atoms with van der Waals surface area (Å²) < 4.78 is 13.1. The van der Waals surface area contributed by atoms with Gasteiger partial charge in [-0.25, -0.2) is 0 Å². The number of hydrogen-bond donors (Lipinski definition) is 1. The minimum absolute atomic E-state index is 0.167. The number of halogens is 2. The molecule has 6 nitrogen and oxygen atoms in total. The zero-order chi connectivity index (χ0) is 23.5. The number of anilines is 1. The molecular weight excluding hydrogens is 473 g/mol. The molecule has 0 aliphatic carbocycles. The predicted octanol–water partition coefficient (Wildman–Crippen LogP) is 6.82. The second kappa shape index (κ2) is 9.63. The van der Waals surface area contributed by atoms with E-state index in [-0.39, 0.29) is 12.4 Å². The largest absolute Gasteiger partial charge is 0.486 e. The molecule has 5 aromatic rings. The van der Waals surface area contributed by atoms with Crippen molar-refractivity contribution in [3.63, 3.8) is 0 Å². The van der Waals surface area contributed by atoms with Crippen LogP contribution >= 0.6 is 23.2 Å². The molecule has 34 heavy (non-hydrogen) atoms. The molecule has 0 spiro atoms. The van der Waals surface area contributed by atoms with Gasteiger partial charge in [0.1, 0.15) is 18.1 Å². The van der Waals surface area contributed by atoms with Crippen molar-refractivity contribution in [3.05, 3.63) is 112 Å². The van der Waals surface area contributed by atoms with Crippen LogP contribution in [-0.2, 0) is 13.2 Å². The molecule has 3 aromatic carbocycles. The van der Waals surface area contributed by atoms with Crippen molar-refractivity contribution < 1.29 is 13.9 Å². The van der Waals surface area contributed by atoms with Crippen LogP contribution in [0.3, 0.4) is 0 Å². The fourth-order valence-corrected chi connectivity index (χ4v) is 4.05. The average molecular weight is 492 g/mol. The van der Waals surface area contributed by atoms with Crippen molar-refractivity contribution in [3.8, 4) is 5.75 Å². The normalized spacial score (nSPS) is 11.0. The summed E-state index contributed by atoms with van der Waals surface area (Å²) in [5.74, 6) is 1.42. The summed E-state index contributed by atoms with van der Waals surface area (Å²) in [6.45, 7) is 0.588. The molecule has 0 aliphatic rings. The van der Waals surface area contributed by atoms with E-state index in [4.69, 9.17) is 32.4 Å². The van der Waals surface area contributed by atoms with Gasteiger partial charge in [-0.15, -0.1) is 0 Å². The minimum atomic E-state index is -0.405. The molecule has 1 N–H and O–H groups in total. The molecule has 0 bridgehead atoms. The van der Waals surface area contributed by atoms with Gasteiger partial charge >= 0.3 is 0 Å². The number of aromatic nitrogens is 2. The van der Waals surface area contributed by atoms with E-state index in [1.54, 1.807) is 47.3 Å². The lowest BCUT2D eigenvalue weighted by Gasteiger charge is -2.07. The summed E-state index contributed by atoms with van der Waals surface area (Å²) in [4.78, 5) is 12.6. The van der Waals surface area contributed by atoms with Gasteiger partial charge < -0.3 is 14.5 Å². The van der Waals surface area contributed by atoms with Gasteiger partial charge in [0.05, 0.1) is 6.54 Å². The third-order valence-electron chi connectivity index (χ3n) is 5.25. The fraction of sp³-hybridized carbons (Fsp3) is 0.0769. The highest BCUT2D eigenvalue weighted by atomic mass is 35.5. The first-order valence-corrected chi connectivity index (χ1v) is 11.3. The Kier molecular flexibility index (Phi) is 6.25. The highest BCUT2D eigenvalue weighted by Crippen LogP contribution is 2.25. The highest BCUT2D eigenvalue weighted by molar-refractivity contribution is 6.36. The van der Waals surface area contributed by atoms with Crippen LogP contribution < -0.4 is 10.1 Å². The Labute approximate surface area is 205 Å². The van der Waals surface area contributed by atoms with Crippen molar-refractivity contribution in [2.75, 3.05) is 5.32 Å². The van der Waals surface area contributed by atoms with Gasteiger partial charge in [0.2, 0.25) is 0 Å². The first kappa shape index (κ1) is 22.1. The molecule has 0 atom stereocenters. The number of amides is 1. The van der Waals surface area contributed by atoms with Crippen LogP contribution in [0.5, 0.6) is 5.75 Å². The smallest absolute Gasteiger partial charge is 0.292 e. The molecule has 0 radical (unpaired) electrons. The van der Waals surface area contributed by atoms with Crippen LogP contribution in [-0.4, -0.2) is 15.7 Å². The Hall–Kier alpha value is -3.74. The lowest BCUT2D eigenvalue weighted by molar-refractivity contribution is 0.0992. The van der Waals surface area contributed by atoms with E-state index in [0.717, 1.165) is 22.1 Å². The first-order valence-electron chi connectivity index (χ1n) is 10.5. The van der Waals surface area contributed by atoms with Gasteiger partial charge in [0.25, 0.3) is 5.91 Å². The lowest BCUT2D eigenvalue weighted by Crippen LogP contribution is -2.12. The fourth-order valence-electron chi connectivity index (χ4n) is 3.53. The molecule has 2 heterocycles. The zero-order valence-electron chi connectivity index (χ0n) is 17.9. The third kappa shape index (κ3) is 4.93. The van der Waals surface area contributed by atoms with Crippen LogP contribution in [0.1, 0.15) is 21.9 Å². The van der Waals surface area contributed by atoms with Crippen molar-refractivity contribution in [1.82, 2.24) is 9.78 Å². The molecule has 0 saturated heterocycles. The van der Waals surface area contributed by atoms with Gasteiger partial charge in [0, 0.05) is 27.9 Å². The maximum atomic E-state index is 12.6. The number of nitrogens with one attached hydrogen (secondary N) is 1. The molecule has 5 rings (SSSR count). The van der Waals surface area contributed by atoms with Crippen LogP contribution in [0.15, 0.2) is 89.5 Å². The summed E-state index contributed by atoms with van der Waals surface area (Å²) in [5, 5.41) is 10.4. The van der Waals surface area contributed by atoms with Crippen molar-refractivity contribution in [2.45, 2.75) is 13.2 Å². The SMILES string of the molecule is O=C(Nc1ccn(Cc2c(Cl)cccc2Cl)n1)c1ccc(COc2ccc3ccccc3c2)o1. The number of fused-ring (bicyclic) bond motifs is 1. The summed E-state index contributed by atoms with van der Waals surface area (Å²) in [6, 6.07) is 24.3. The molecule has 8 heteroatoms. The maximum absolute atomic E-state index is 12.6. The Bertz CT molecular complexity index is 1450. The number of nitrogens with zero attached hydrogens (tertiary/aromatic N) is 2. The summed E-state index contributed by atoms with van der Waals surface area (Å²) >= 11 is 12.5. The Morgan fingerprint density at radius 1 is 0.941 bits per heavy atom. The second-order valence-electron chi connectivity index (χ2n) is 7.62. The van der Waals surface area contributed by atoms with E-state index in [1.807, 2.05) is 42.5 Å². The van der Waals surface area contributed by atoms with Gasteiger partial charge in [-0.3, -0.25) is 9.48 Å². The maximum Gasteiger partial charge on any atom is 0.292 e. The zero-order valence-corrected chi connectivity index (χ0v) is 19.4. The molecule has 0 unspecified atom stereocenters. The Morgan fingerprint density at radius 2 is 1.74 bits per heavy atom. The number of rotatable bonds is 7. The predicted molar refractivity (Wildman–Crippen MR) is 133 cm³/mol. The van der Waals surface area contributed by atoms with Crippen molar-refractivity contribution in [2.24, 2.45) is 0 Å². The minimum Gasteiger partial charge on any atom is -0.486 e. The molecule has 170 valence electrons. The summed E-state index contributed by atoms with van der Waals surface area (Å²) in [7, 11) is 0. The number of carbonyl (C=O) groups is 1. The third-order valence-corrected chi connectivity index (χ3v) is 5.96. The van der Waals surface area contributed by atoms with Gasteiger partial charge in [-0.2, -0.15) is 5.10 Å². The van der Waals surface area contributed by atoms with Gasteiger partial charge in [-0.05, 0) is 47.2 Å². The topological polar surface area (TPSA) is 69.3 Å². The molecule has 0 aliphatic heterocycles. The first-order chi connectivity index (χ1) is 16.5. The molecule has 2 aromatic heterocycles. The van der Waals surface area contributed by atoms with E-state index in [2.05, 4.69) is 10.4 Å². The monoisotopic (exact) mass is 491 g/mol. The van der Waals surface area contributed by atoms with Crippen molar-refractivity contribution >= 4 is 45.7 Å². The Morgan fingerprint density at radius 3 is 2.56 bits per heavy atom. The average Bonchev–Trinajstić information content (AvgIpc) is 3.50. The molecule has 0 saturated carbocycles. The summed E-state index contributed by atoms with van der Waals surface area (Å²) in [6.07, 6.45) is 1.74. The number of ether oxygens (including phenoxy) is 1. The molecule has 0 fully saturated rings. The van der Waals surface area contributed by atoms with Crippen LogP contribution in [0, 0.1) is 0 Å². The lowest BCUT2D eigenvalue weighted by atomic mass is 10.1. The van der Waals surface area contributed by atoms with Gasteiger partial charge in [-0.1, -0.05) is 59.6 Å². The number of carbonyl (C=O) groups excluding carboxylic acids is 1. The van der Waals surface area contributed by atoms with E-state index in [0.29, 0.717) is 28.2 Å². The summed E-state index contributed by atoms with van der Waals surface area (Å²) in [5.41, 5.74) is 0.758. The van der Waals surface area contributed by atoms with Crippen LogP contribution in [0.2, 0.25) is 10.0 Å². The van der Waals surface area contributed by atoms with E-state index >= 15 is 0 Å². The van der Waals surface area contributed by atoms with Crippen LogP contribution in [0.25, 0.3) is 10.8 Å². The number of furan rings is 1. The van der Waals surface area contributed by atoms with Crippen LogP contribution in [0.4, 0.5) is 5.82 Å². The highest BCUT2D eigenvalue weighted by Gasteiger charge is 2.14. The van der Waals surface area contributed by atoms with Crippen molar-refractivity contribution in [1.29, 1.82) is 0 Å². The van der Waals surface area contributed by atoms with Gasteiger partial charge in [0.15, 0.2) is 11.6 Å². The van der Waals surface area contributed by atoms with E-state index < -0.39 is 5.91 Å². The second-order valence-corrected chi connectivity index (χ2v) is 8.43. The number of benzene rings is 3. The van der Waals surface area contributed by atoms with E-state index in [1.165, 1.54) is 0 Å². The van der Waals surface area contributed by atoms with E-state index in [9.17, 15) is 4.79 Å².